The molecule has 14 heavy (non-hydrogen) atoms. The Bertz CT molecular complexity index is 297. The fourth-order valence-corrected chi connectivity index (χ4v) is 2.58. The topological polar surface area (TPSA) is 38.0 Å². The summed E-state index contributed by atoms with van der Waals surface area (Å²) in [7, 11) is 0. The van der Waals surface area contributed by atoms with Crippen LogP contribution in [0.15, 0.2) is 29.2 Å². The summed E-state index contributed by atoms with van der Waals surface area (Å²) >= 11 is 1.87. The third-order valence-electron chi connectivity index (χ3n) is 2.57. The number of nitrogen functional groups attached to an aromatic ring is 1. The first kappa shape index (κ1) is 9.87. The second-order valence-electron chi connectivity index (χ2n) is 3.70. The Labute approximate surface area is 89.3 Å². The SMILES string of the molecule is Nc1ccccc1SCCC1CNC1. The van der Waals surface area contributed by atoms with E-state index in [0.29, 0.717) is 0 Å². The van der Waals surface area contributed by atoms with E-state index in [2.05, 4.69) is 11.4 Å². The van der Waals surface area contributed by atoms with Crippen molar-refractivity contribution >= 4 is 17.4 Å². The van der Waals surface area contributed by atoms with E-state index in [1.165, 1.54) is 30.2 Å². The van der Waals surface area contributed by atoms with Crippen LogP contribution in [0, 0.1) is 5.92 Å². The lowest BCUT2D eigenvalue weighted by atomic mass is 10.0. The van der Waals surface area contributed by atoms with E-state index in [-0.39, 0.29) is 0 Å². The number of rotatable bonds is 4. The number of para-hydroxylation sites is 1. The molecule has 2 rings (SSSR count). The van der Waals surface area contributed by atoms with Gasteiger partial charge in [-0.2, -0.15) is 0 Å². The highest BCUT2D eigenvalue weighted by Gasteiger charge is 2.15. The molecule has 0 spiro atoms. The van der Waals surface area contributed by atoms with E-state index in [1.54, 1.807) is 0 Å². The van der Waals surface area contributed by atoms with Crippen molar-refractivity contribution in [3.8, 4) is 0 Å². The number of anilines is 1. The van der Waals surface area contributed by atoms with Crippen molar-refractivity contribution in [2.45, 2.75) is 11.3 Å². The number of nitrogens with one attached hydrogen (secondary N) is 1. The van der Waals surface area contributed by atoms with Crippen molar-refractivity contribution in [1.29, 1.82) is 0 Å². The van der Waals surface area contributed by atoms with Gasteiger partial charge in [0.05, 0.1) is 0 Å². The highest BCUT2D eigenvalue weighted by molar-refractivity contribution is 7.99. The van der Waals surface area contributed by atoms with Crippen LogP contribution in [0.3, 0.4) is 0 Å². The second kappa shape index (κ2) is 4.71. The van der Waals surface area contributed by atoms with Gasteiger partial charge in [0.2, 0.25) is 0 Å². The third kappa shape index (κ3) is 2.42. The van der Waals surface area contributed by atoms with Crippen molar-refractivity contribution in [3.05, 3.63) is 24.3 Å². The molecule has 2 nitrogen and oxygen atoms in total. The van der Waals surface area contributed by atoms with E-state index >= 15 is 0 Å². The molecule has 1 saturated heterocycles. The molecule has 0 bridgehead atoms. The monoisotopic (exact) mass is 208 g/mol. The Balaban J connectivity index is 1.76. The van der Waals surface area contributed by atoms with E-state index in [9.17, 15) is 0 Å². The van der Waals surface area contributed by atoms with Crippen LogP contribution in [-0.2, 0) is 0 Å². The molecule has 76 valence electrons. The number of thioether (sulfide) groups is 1. The zero-order chi connectivity index (χ0) is 9.80. The molecule has 0 saturated carbocycles. The quantitative estimate of drug-likeness (QED) is 0.587. The Morgan fingerprint density at radius 3 is 2.79 bits per heavy atom. The van der Waals surface area contributed by atoms with Crippen LogP contribution in [0.5, 0.6) is 0 Å². The molecule has 0 aromatic heterocycles. The van der Waals surface area contributed by atoms with E-state index in [0.717, 1.165) is 11.6 Å². The molecule has 1 heterocycles. The maximum Gasteiger partial charge on any atom is 0.0452 e. The molecule has 0 aliphatic carbocycles. The summed E-state index contributed by atoms with van der Waals surface area (Å²) in [6.45, 7) is 2.40. The zero-order valence-corrected chi connectivity index (χ0v) is 9.02. The minimum absolute atomic E-state index is 0.896. The summed E-state index contributed by atoms with van der Waals surface area (Å²) < 4.78 is 0. The number of hydrogen-bond donors (Lipinski definition) is 2. The lowest BCUT2D eigenvalue weighted by Crippen LogP contribution is -2.42. The van der Waals surface area contributed by atoms with Crippen LogP contribution < -0.4 is 11.1 Å². The van der Waals surface area contributed by atoms with Gasteiger partial charge in [-0.05, 0) is 43.3 Å². The van der Waals surface area contributed by atoms with Gasteiger partial charge in [0.1, 0.15) is 0 Å². The Morgan fingerprint density at radius 1 is 1.36 bits per heavy atom. The Kier molecular flexibility index (Phi) is 3.32. The fraction of sp³-hybridized carbons (Fsp3) is 0.455. The summed E-state index contributed by atoms with van der Waals surface area (Å²) in [5, 5.41) is 3.29. The summed E-state index contributed by atoms with van der Waals surface area (Å²) in [4.78, 5) is 1.22. The molecule has 1 aliphatic heterocycles. The van der Waals surface area contributed by atoms with Crippen molar-refractivity contribution in [1.82, 2.24) is 5.32 Å². The molecule has 1 fully saturated rings. The van der Waals surface area contributed by atoms with Gasteiger partial charge >= 0.3 is 0 Å². The minimum Gasteiger partial charge on any atom is -0.398 e. The van der Waals surface area contributed by atoms with Gasteiger partial charge in [0.15, 0.2) is 0 Å². The molecule has 0 unspecified atom stereocenters. The molecular formula is C11H16N2S. The normalized spacial score (nSPS) is 16.6. The van der Waals surface area contributed by atoms with E-state index < -0.39 is 0 Å². The van der Waals surface area contributed by atoms with Crippen LogP contribution in [0.1, 0.15) is 6.42 Å². The minimum atomic E-state index is 0.896. The van der Waals surface area contributed by atoms with Crippen LogP contribution in [0.2, 0.25) is 0 Å². The van der Waals surface area contributed by atoms with Crippen molar-refractivity contribution in [2.75, 3.05) is 24.6 Å². The van der Waals surface area contributed by atoms with Crippen LogP contribution in [-0.4, -0.2) is 18.8 Å². The third-order valence-corrected chi connectivity index (χ3v) is 3.69. The summed E-state index contributed by atoms with van der Waals surface area (Å²) in [6.07, 6.45) is 1.30. The molecule has 3 N–H and O–H groups in total. The highest BCUT2D eigenvalue weighted by Crippen LogP contribution is 2.26. The molecule has 0 radical (unpaired) electrons. The van der Waals surface area contributed by atoms with Crippen molar-refractivity contribution in [2.24, 2.45) is 5.92 Å². The zero-order valence-electron chi connectivity index (χ0n) is 8.20. The van der Waals surface area contributed by atoms with Gasteiger partial charge in [-0.15, -0.1) is 11.8 Å². The predicted octanol–water partition coefficient (Wildman–Crippen LogP) is 1.97. The first-order valence-electron chi connectivity index (χ1n) is 5.04. The number of benzene rings is 1. The molecule has 0 atom stereocenters. The van der Waals surface area contributed by atoms with Gasteiger partial charge in [0, 0.05) is 10.6 Å². The first-order valence-corrected chi connectivity index (χ1v) is 6.03. The fourth-order valence-electron chi connectivity index (χ4n) is 1.50. The van der Waals surface area contributed by atoms with Gasteiger partial charge in [0.25, 0.3) is 0 Å². The standard InChI is InChI=1S/C11H16N2S/c12-10-3-1-2-4-11(10)14-6-5-9-7-13-8-9/h1-4,9,13H,5-8,12H2. The largest absolute Gasteiger partial charge is 0.398 e. The molecule has 1 aliphatic rings. The maximum atomic E-state index is 5.85. The number of hydrogen-bond acceptors (Lipinski definition) is 3. The molecule has 1 aromatic carbocycles. The van der Waals surface area contributed by atoms with Crippen LogP contribution >= 0.6 is 11.8 Å². The molecule has 3 heteroatoms. The van der Waals surface area contributed by atoms with Gasteiger partial charge in [-0.25, -0.2) is 0 Å². The average molecular weight is 208 g/mol. The second-order valence-corrected chi connectivity index (χ2v) is 4.84. The molecule has 1 aromatic rings. The van der Waals surface area contributed by atoms with Gasteiger partial charge < -0.3 is 11.1 Å². The maximum absolute atomic E-state index is 5.85. The van der Waals surface area contributed by atoms with Crippen molar-refractivity contribution < 1.29 is 0 Å². The lowest BCUT2D eigenvalue weighted by molar-refractivity contribution is 0.341. The average Bonchev–Trinajstić information content (AvgIpc) is 2.12. The Morgan fingerprint density at radius 2 is 2.14 bits per heavy atom. The summed E-state index contributed by atoms with van der Waals surface area (Å²) in [6, 6.07) is 8.09. The molecular weight excluding hydrogens is 192 g/mol. The van der Waals surface area contributed by atoms with Gasteiger partial charge in [-0.1, -0.05) is 12.1 Å². The van der Waals surface area contributed by atoms with E-state index in [4.69, 9.17) is 5.73 Å². The van der Waals surface area contributed by atoms with Crippen LogP contribution in [0.25, 0.3) is 0 Å². The predicted molar refractivity (Wildman–Crippen MR) is 62.6 cm³/mol. The van der Waals surface area contributed by atoms with Crippen molar-refractivity contribution in [3.63, 3.8) is 0 Å². The highest BCUT2D eigenvalue weighted by atomic mass is 32.2. The number of nitrogens with two attached hydrogens (primary N) is 1. The lowest BCUT2D eigenvalue weighted by Gasteiger charge is -2.26. The summed E-state index contributed by atoms with van der Waals surface area (Å²) in [5.74, 6) is 2.08. The van der Waals surface area contributed by atoms with E-state index in [1.807, 2.05) is 30.0 Å². The first-order chi connectivity index (χ1) is 6.86. The Hall–Kier alpha value is -0.670. The molecule has 0 amide bonds. The smallest absolute Gasteiger partial charge is 0.0452 e. The van der Waals surface area contributed by atoms with Gasteiger partial charge in [-0.3, -0.25) is 0 Å². The van der Waals surface area contributed by atoms with Crippen LogP contribution in [0.4, 0.5) is 5.69 Å². The summed E-state index contributed by atoms with van der Waals surface area (Å²) in [5.41, 5.74) is 6.76.